The number of fused-ring (bicyclic) bond motifs is 1. The van der Waals surface area contributed by atoms with Gasteiger partial charge in [0.25, 0.3) is 6.47 Å². The lowest BCUT2D eigenvalue weighted by atomic mass is 10.1. The normalized spacial score (nSPS) is 10.7. The molecule has 0 saturated heterocycles. The minimum absolute atomic E-state index is 0.448. The number of methoxy groups -OCH3 is 1. The van der Waals surface area contributed by atoms with Crippen molar-refractivity contribution >= 4 is 45.1 Å². The molecule has 0 saturated carbocycles. The van der Waals surface area contributed by atoms with Gasteiger partial charge in [-0.25, -0.2) is 15.0 Å². The maximum Gasteiger partial charge on any atom is 0.293 e. The second kappa shape index (κ2) is 11.9. The third kappa shape index (κ3) is 6.61. The number of carbonyl (C=O) groups excluding carboxylic acids is 1. The summed E-state index contributed by atoms with van der Waals surface area (Å²) in [6, 6.07) is 15.8. The summed E-state index contributed by atoms with van der Waals surface area (Å²) >= 11 is 1.44. The summed E-state index contributed by atoms with van der Waals surface area (Å²) in [5, 5.41) is 7.31. The second-order valence-electron chi connectivity index (χ2n) is 7.51. The number of nitrogens with one attached hydrogen (secondary N) is 2. The minimum atomic E-state index is 0.448. The standard InChI is InChI=1S/C24H26N6O3S/c1-32-21-11-10-19-22(30-21)34-24(27-19)29-20-15-18(14-17-8-4-2-5-9-17)26-23(28-20)25-12-6-3-7-13-33-16-31/h2,4-5,8-11,15-16H,3,6-7,12-14H2,1H3,(H2,25,26,27,28,29). The maximum absolute atomic E-state index is 10.2. The first-order valence-electron chi connectivity index (χ1n) is 11.0. The average molecular weight is 479 g/mol. The number of unbranched alkanes of at least 4 members (excludes halogenated alkanes) is 2. The summed E-state index contributed by atoms with van der Waals surface area (Å²) in [6.07, 6.45) is 3.38. The van der Waals surface area contributed by atoms with Gasteiger partial charge in [0.15, 0.2) is 5.13 Å². The number of pyridine rings is 1. The minimum Gasteiger partial charge on any atom is -0.481 e. The highest BCUT2D eigenvalue weighted by Gasteiger charge is 2.10. The number of rotatable bonds is 13. The summed E-state index contributed by atoms with van der Waals surface area (Å²) in [7, 11) is 1.59. The van der Waals surface area contributed by atoms with E-state index in [-0.39, 0.29) is 0 Å². The van der Waals surface area contributed by atoms with Gasteiger partial charge in [-0.3, -0.25) is 4.79 Å². The van der Waals surface area contributed by atoms with Crippen LogP contribution in [0.2, 0.25) is 0 Å². The van der Waals surface area contributed by atoms with Crippen LogP contribution in [0.4, 0.5) is 16.9 Å². The van der Waals surface area contributed by atoms with Gasteiger partial charge < -0.3 is 20.1 Å². The lowest BCUT2D eigenvalue weighted by Crippen LogP contribution is -2.09. The van der Waals surface area contributed by atoms with Crippen LogP contribution >= 0.6 is 11.3 Å². The van der Waals surface area contributed by atoms with Crippen LogP contribution in [0.15, 0.2) is 48.5 Å². The van der Waals surface area contributed by atoms with Crippen molar-refractivity contribution in [3.05, 3.63) is 59.8 Å². The molecule has 0 aliphatic rings. The van der Waals surface area contributed by atoms with Gasteiger partial charge >= 0.3 is 0 Å². The molecule has 0 unspecified atom stereocenters. The highest BCUT2D eigenvalue weighted by Crippen LogP contribution is 2.28. The van der Waals surface area contributed by atoms with E-state index in [0.717, 1.165) is 41.8 Å². The lowest BCUT2D eigenvalue weighted by Gasteiger charge is -2.10. The molecule has 1 aromatic carbocycles. The molecule has 176 valence electrons. The predicted octanol–water partition coefficient (Wildman–Crippen LogP) is 4.58. The molecule has 10 heteroatoms. The summed E-state index contributed by atoms with van der Waals surface area (Å²) < 4.78 is 9.94. The quantitative estimate of drug-likeness (QED) is 0.211. The zero-order valence-electron chi connectivity index (χ0n) is 18.9. The Balaban J connectivity index is 1.48. The third-order valence-corrected chi connectivity index (χ3v) is 5.85. The van der Waals surface area contributed by atoms with Gasteiger partial charge in [0.1, 0.15) is 16.2 Å². The monoisotopic (exact) mass is 478 g/mol. The maximum atomic E-state index is 10.2. The van der Waals surface area contributed by atoms with Crippen molar-refractivity contribution < 1.29 is 14.3 Å². The number of anilines is 3. The van der Waals surface area contributed by atoms with E-state index in [4.69, 9.17) is 14.5 Å². The predicted molar refractivity (Wildman–Crippen MR) is 133 cm³/mol. The van der Waals surface area contributed by atoms with Crippen LogP contribution in [0.3, 0.4) is 0 Å². The van der Waals surface area contributed by atoms with Crippen LogP contribution < -0.4 is 15.4 Å². The molecule has 3 aromatic heterocycles. The Kier molecular flexibility index (Phi) is 8.18. The molecule has 0 aliphatic carbocycles. The largest absolute Gasteiger partial charge is 0.481 e. The molecule has 34 heavy (non-hydrogen) atoms. The Morgan fingerprint density at radius 2 is 1.88 bits per heavy atom. The zero-order chi connectivity index (χ0) is 23.6. The Hall–Kier alpha value is -3.79. The topological polar surface area (TPSA) is 111 Å². The Labute approximate surface area is 201 Å². The number of carbonyl (C=O) groups is 1. The molecule has 4 rings (SSSR count). The number of hydrogen-bond acceptors (Lipinski definition) is 10. The van der Waals surface area contributed by atoms with Crippen molar-refractivity contribution in [2.75, 3.05) is 30.9 Å². The van der Waals surface area contributed by atoms with Gasteiger partial charge in [-0.1, -0.05) is 41.7 Å². The third-order valence-electron chi connectivity index (χ3n) is 4.97. The summed E-state index contributed by atoms with van der Waals surface area (Å²) in [5.74, 6) is 1.77. The number of aromatic nitrogens is 4. The van der Waals surface area contributed by atoms with Crippen molar-refractivity contribution in [1.82, 2.24) is 19.9 Å². The van der Waals surface area contributed by atoms with E-state index in [1.54, 1.807) is 13.2 Å². The molecular weight excluding hydrogens is 452 g/mol. The first-order chi connectivity index (χ1) is 16.7. The van der Waals surface area contributed by atoms with Gasteiger partial charge in [-0.05, 0) is 30.9 Å². The van der Waals surface area contributed by atoms with E-state index in [0.29, 0.717) is 42.3 Å². The number of ether oxygens (including phenoxy) is 2. The van der Waals surface area contributed by atoms with Gasteiger partial charge in [-0.2, -0.15) is 4.98 Å². The van der Waals surface area contributed by atoms with E-state index in [9.17, 15) is 4.79 Å². The van der Waals surface area contributed by atoms with Crippen molar-refractivity contribution in [3.8, 4) is 5.88 Å². The van der Waals surface area contributed by atoms with Crippen molar-refractivity contribution in [2.45, 2.75) is 25.7 Å². The van der Waals surface area contributed by atoms with E-state index in [2.05, 4.69) is 37.7 Å². The number of thiazole rings is 1. The molecule has 0 fully saturated rings. The molecule has 0 atom stereocenters. The van der Waals surface area contributed by atoms with Crippen LogP contribution in [0.1, 0.15) is 30.5 Å². The highest BCUT2D eigenvalue weighted by atomic mass is 32.1. The summed E-state index contributed by atoms with van der Waals surface area (Å²) in [4.78, 5) is 29.4. The molecule has 2 N–H and O–H groups in total. The molecule has 3 heterocycles. The smallest absolute Gasteiger partial charge is 0.293 e. The van der Waals surface area contributed by atoms with E-state index in [1.165, 1.54) is 16.9 Å². The fourth-order valence-corrected chi connectivity index (χ4v) is 4.19. The number of hydrogen-bond donors (Lipinski definition) is 2. The number of benzene rings is 1. The zero-order valence-corrected chi connectivity index (χ0v) is 19.7. The second-order valence-corrected chi connectivity index (χ2v) is 8.48. The molecule has 0 amide bonds. The molecule has 4 aromatic rings. The fourth-order valence-electron chi connectivity index (χ4n) is 3.35. The van der Waals surface area contributed by atoms with Crippen molar-refractivity contribution in [1.29, 1.82) is 0 Å². The Morgan fingerprint density at radius 3 is 2.71 bits per heavy atom. The van der Waals surface area contributed by atoms with E-state index < -0.39 is 0 Å². The molecule has 0 aliphatic heterocycles. The summed E-state index contributed by atoms with van der Waals surface area (Å²) in [6.45, 7) is 1.65. The fraction of sp³-hybridized carbons (Fsp3) is 0.292. The van der Waals surface area contributed by atoms with Crippen molar-refractivity contribution in [2.24, 2.45) is 0 Å². The molecular formula is C24H26N6O3S. The molecule has 0 bridgehead atoms. The Morgan fingerprint density at radius 1 is 1.00 bits per heavy atom. The number of nitrogens with zero attached hydrogens (tertiary/aromatic N) is 4. The van der Waals surface area contributed by atoms with Crippen molar-refractivity contribution in [3.63, 3.8) is 0 Å². The first kappa shape index (κ1) is 23.4. The van der Waals surface area contributed by atoms with E-state index in [1.807, 2.05) is 30.3 Å². The van der Waals surface area contributed by atoms with Gasteiger partial charge in [0.05, 0.1) is 19.4 Å². The average Bonchev–Trinajstić information content (AvgIpc) is 3.25. The lowest BCUT2D eigenvalue weighted by molar-refractivity contribution is -0.128. The van der Waals surface area contributed by atoms with Crippen LogP contribution in [-0.2, 0) is 16.0 Å². The van der Waals surface area contributed by atoms with Gasteiger partial charge in [0, 0.05) is 25.1 Å². The molecule has 9 nitrogen and oxygen atoms in total. The van der Waals surface area contributed by atoms with Gasteiger partial charge in [-0.15, -0.1) is 0 Å². The van der Waals surface area contributed by atoms with Crippen LogP contribution in [0.5, 0.6) is 5.88 Å². The van der Waals surface area contributed by atoms with Crippen LogP contribution in [-0.4, -0.2) is 46.7 Å². The molecule has 0 spiro atoms. The first-order valence-corrected chi connectivity index (χ1v) is 11.8. The van der Waals surface area contributed by atoms with Gasteiger partial charge in [0.2, 0.25) is 11.8 Å². The summed E-state index contributed by atoms with van der Waals surface area (Å²) in [5.41, 5.74) is 2.86. The van der Waals surface area contributed by atoms with Crippen LogP contribution in [0.25, 0.3) is 10.3 Å². The van der Waals surface area contributed by atoms with Crippen LogP contribution in [0, 0.1) is 0 Å². The molecule has 0 radical (unpaired) electrons. The SMILES string of the molecule is COc1ccc2nc(Nc3cc(Cc4ccccc4)nc(NCCCCCOC=O)n3)sc2n1. The highest BCUT2D eigenvalue weighted by molar-refractivity contribution is 7.21. The Bertz CT molecular complexity index is 1220. The van der Waals surface area contributed by atoms with E-state index >= 15 is 0 Å².